The lowest BCUT2D eigenvalue weighted by Crippen LogP contribution is -2.03. The SMILES string of the molecule is CC.CC.CC.CC.Cc1coc(NOS(C)=O)c1C.Cc1onc(NOS(C)=O)c1C.c1ccc(-c2ccccc2)cc1.c1ccc(-c2ccccc2)cc1. The first kappa shape index (κ1) is 53.3. The number of benzene rings is 4. The Hall–Kier alpha value is -4.81. The summed E-state index contributed by atoms with van der Waals surface area (Å²) >= 11 is -2.69. The van der Waals surface area contributed by atoms with Crippen molar-refractivity contribution in [2.75, 3.05) is 23.5 Å². The van der Waals surface area contributed by atoms with Crippen LogP contribution in [0, 0.1) is 27.7 Å². The summed E-state index contributed by atoms with van der Waals surface area (Å²) in [4.78, 5) is 0. The highest BCUT2D eigenvalue weighted by molar-refractivity contribution is 7.79. The van der Waals surface area contributed by atoms with E-state index in [-0.39, 0.29) is 0 Å². The molecule has 0 amide bonds. The molecule has 0 saturated heterocycles. The van der Waals surface area contributed by atoms with Gasteiger partial charge in [-0.25, -0.2) is 19.4 Å². The summed E-state index contributed by atoms with van der Waals surface area (Å²) in [6.45, 7) is 23.4. The zero-order chi connectivity index (χ0) is 42.7. The molecule has 6 aromatic rings. The number of aromatic nitrogens is 1. The van der Waals surface area contributed by atoms with Gasteiger partial charge in [0.25, 0.3) is 0 Å². The summed E-state index contributed by atoms with van der Waals surface area (Å²) in [5.74, 6) is 1.67. The minimum absolute atomic E-state index is 0.461. The average molecular weight is 808 g/mol. The van der Waals surface area contributed by atoms with Crippen LogP contribution in [0.1, 0.15) is 77.8 Å². The van der Waals surface area contributed by atoms with E-state index in [2.05, 4.69) is 122 Å². The molecule has 308 valence electrons. The van der Waals surface area contributed by atoms with Gasteiger partial charge >= 0.3 is 0 Å². The van der Waals surface area contributed by atoms with E-state index >= 15 is 0 Å². The molecule has 0 saturated carbocycles. The predicted octanol–water partition coefficient (Wildman–Crippen LogP) is 13.3. The number of rotatable bonds is 8. The van der Waals surface area contributed by atoms with Gasteiger partial charge in [0.2, 0.25) is 5.88 Å². The van der Waals surface area contributed by atoms with Crippen molar-refractivity contribution in [1.29, 1.82) is 0 Å². The quantitative estimate of drug-likeness (QED) is 0.145. The number of aryl methyl sites for hydroxylation is 2. The second-order valence-corrected chi connectivity index (χ2v) is 12.2. The van der Waals surface area contributed by atoms with Crippen molar-refractivity contribution in [2.24, 2.45) is 0 Å². The largest absolute Gasteiger partial charge is 0.446 e. The third-order valence-electron chi connectivity index (χ3n) is 6.71. The van der Waals surface area contributed by atoms with E-state index in [9.17, 15) is 8.42 Å². The Morgan fingerprint density at radius 3 is 1.07 bits per heavy atom. The van der Waals surface area contributed by atoms with Crippen LogP contribution in [-0.2, 0) is 30.7 Å². The van der Waals surface area contributed by atoms with Gasteiger partial charge in [0.05, 0.1) is 6.26 Å². The van der Waals surface area contributed by atoms with Gasteiger partial charge in [-0.1, -0.05) is 182 Å². The Bertz CT molecular complexity index is 1610. The Balaban J connectivity index is 0. The van der Waals surface area contributed by atoms with Crippen molar-refractivity contribution in [3.8, 4) is 22.3 Å². The maximum atomic E-state index is 10.5. The van der Waals surface area contributed by atoms with Crippen LogP contribution in [0.3, 0.4) is 0 Å². The van der Waals surface area contributed by atoms with Crippen LogP contribution in [0.15, 0.2) is 137 Å². The predicted molar refractivity (Wildman–Crippen MR) is 241 cm³/mol. The lowest BCUT2D eigenvalue weighted by Gasteiger charge is -1.99. The highest BCUT2D eigenvalue weighted by atomic mass is 32.2. The molecule has 2 heterocycles. The minimum Gasteiger partial charge on any atom is -0.446 e. The van der Waals surface area contributed by atoms with Crippen molar-refractivity contribution in [1.82, 2.24) is 5.16 Å². The molecule has 0 bridgehead atoms. The van der Waals surface area contributed by atoms with Gasteiger partial charge in [-0.15, -0.1) is 0 Å². The fourth-order valence-corrected chi connectivity index (χ4v) is 4.22. The van der Waals surface area contributed by atoms with E-state index < -0.39 is 22.2 Å². The molecule has 2 unspecified atom stereocenters. The summed E-state index contributed by atoms with van der Waals surface area (Å²) in [6.07, 6.45) is 4.45. The topological polar surface area (TPSA) is 116 Å². The van der Waals surface area contributed by atoms with Gasteiger partial charge in [0.1, 0.15) is 5.76 Å². The maximum absolute atomic E-state index is 10.5. The third kappa shape index (κ3) is 22.5. The van der Waals surface area contributed by atoms with Crippen molar-refractivity contribution in [3.05, 3.63) is 150 Å². The Morgan fingerprint density at radius 1 is 0.500 bits per heavy atom. The molecule has 4 aromatic carbocycles. The molecule has 2 N–H and O–H groups in total. The van der Waals surface area contributed by atoms with Gasteiger partial charge in [-0.2, -0.15) is 8.57 Å². The monoisotopic (exact) mass is 807 g/mol. The second kappa shape index (κ2) is 34.7. The van der Waals surface area contributed by atoms with Crippen molar-refractivity contribution in [2.45, 2.75) is 83.1 Å². The van der Waals surface area contributed by atoms with E-state index in [0.29, 0.717) is 17.5 Å². The normalized spacial score (nSPS) is 10.1. The molecule has 2 aromatic heterocycles. The number of hydrogen-bond acceptors (Lipinski definition) is 9. The van der Waals surface area contributed by atoms with Gasteiger partial charge in [-0.05, 0) is 55.5 Å². The Kier molecular flexibility index (Phi) is 33.0. The molecule has 9 nitrogen and oxygen atoms in total. The van der Waals surface area contributed by atoms with E-state index in [4.69, 9.17) is 8.94 Å². The number of anilines is 2. The van der Waals surface area contributed by atoms with E-state index in [1.165, 1.54) is 34.8 Å². The molecular formula is C45H65N3O6S2. The first-order chi connectivity index (χ1) is 27.2. The van der Waals surface area contributed by atoms with Crippen molar-refractivity contribution < 1.29 is 25.9 Å². The molecule has 0 spiro atoms. The molecule has 56 heavy (non-hydrogen) atoms. The Morgan fingerprint density at radius 2 is 0.821 bits per heavy atom. The summed E-state index contributed by atoms with van der Waals surface area (Å²) in [5, 5.41) is 3.64. The van der Waals surface area contributed by atoms with E-state index in [1.807, 2.05) is 100 Å². The van der Waals surface area contributed by atoms with Gasteiger partial charge in [-0.3, -0.25) is 0 Å². The highest BCUT2D eigenvalue weighted by Crippen LogP contribution is 2.21. The molecular weight excluding hydrogens is 743 g/mol. The molecule has 0 aliphatic carbocycles. The summed E-state index contributed by atoms with van der Waals surface area (Å²) < 4.78 is 40.2. The zero-order valence-electron chi connectivity index (χ0n) is 35.8. The van der Waals surface area contributed by atoms with E-state index in [0.717, 1.165) is 16.7 Å². The molecule has 2 atom stereocenters. The van der Waals surface area contributed by atoms with Crippen LogP contribution < -0.4 is 11.0 Å². The van der Waals surface area contributed by atoms with Crippen molar-refractivity contribution in [3.63, 3.8) is 0 Å². The molecule has 0 aliphatic heterocycles. The van der Waals surface area contributed by atoms with Gasteiger partial charge < -0.3 is 8.94 Å². The fraction of sp³-hybridized carbons (Fsp3) is 0.311. The number of nitrogens with zero attached hydrogens (tertiary/aromatic N) is 1. The zero-order valence-corrected chi connectivity index (χ0v) is 37.5. The van der Waals surface area contributed by atoms with Gasteiger partial charge in [0, 0.05) is 23.6 Å². The third-order valence-corrected chi connectivity index (χ3v) is 7.35. The number of furan rings is 1. The molecule has 0 radical (unpaired) electrons. The first-order valence-corrected chi connectivity index (χ1v) is 21.8. The highest BCUT2D eigenvalue weighted by Gasteiger charge is 2.08. The van der Waals surface area contributed by atoms with Crippen LogP contribution in [0.5, 0.6) is 0 Å². The van der Waals surface area contributed by atoms with Crippen LogP contribution in [0.25, 0.3) is 22.3 Å². The maximum Gasteiger partial charge on any atom is 0.220 e. The van der Waals surface area contributed by atoms with Crippen LogP contribution in [0.2, 0.25) is 0 Å². The lowest BCUT2D eigenvalue weighted by molar-refractivity contribution is 0.384. The molecule has 11 heteroatoms. The summed E-state index contributed by atoms with van der Waals surface area (Å²) in [7, 11) is 0. The average Bonchev–Trinajstić information content (AvgIpc) is 3.77. The standard InChI is InChI=1S/2C12H10.C7H11NO3S.C6H10N2O3S.4C2H6/c2*1-3-7-11(8-4-1)12-9-5-2-6-10-12;1-5-4-10-7(6(5)2)8-11-12(3)9;1-4-5(2)10-7-6(4)8-11-12(3)9;4*1-2/h2*1-10H;4,8H,1-3H3;1-3H3,(H,7,8);4*1-2H3. The van der Waals surface area contributed by atoms with Crippen molar-refractivity contribution >= 4 is 33.9 Å². The van der Waals surface area contributed by atoms with Crippen LogP contribution in [0.4, 0.5) is 11.7 Å². The van der Waals surface area contributed by atoms with E-state index in [1.54, 1.807) is 13.2 Å². The van der Waals surface area contributed by atoms with Crippen LogP contribution >= 0.6 is 0 Å². The summed E-state index contributed by atoms with van der Waals surface area (Å²) in [5.41, 5.74) is 12.8. The van der Waals surface area contributed by atoms with Gasteiger partial charge in [0.15, 0.2) is 28.0 Å². The van der Waals surface area contributed by atoms with Crippen LogP contribution in [-0.4, -0.2) is 26.1 Å². The molecule has 0 fully saturated rings. The minimum atomic E-state index is -1.36. The molecule has 0 aliphatic rings. The number of nitrogens with one attached hydrogen (secondary N) is 2. The number of hydrogen-bond donors (Lipinski definition) is 2. The summed E-state index contributed by atoms with van der Waals surface area (Å²) in [6, 6.07) is 41.6. The smallest absolute Gasteiger partial charge is 0.220 e. The second-order valence-electron chi connectivity index (χ2n) is 10.2. The first-order valence-electron chi connectivity index (χ1n) is 18.9. The molecule has 6 rings (SSSR count). The Labute approximate surface area is 342 Å². The lowest BCUT2D eigenvalue weighted by atomic mass is 10.1. The fourth-order valence-electron chi connectivity index (χ4n) is 3.83.